The highest BCUT2D eigenvalue weighted by Crippen LogP contribution is 2.17. The molecule has 1 aromatic heterocycles. The number of carbonyl (C=O) groups is 1. The zero-order valence-electron chi connectivity index (χ0n) is 13.1. The molecule has 0 aliphatic rings. The van der Waals surface area contributed by atoms with E-state index in [4.69, 9.17) is 5.11 Å². The van der Waals surface area contributed by atoms with E-state index in [1.165, 1.54) is 24.3 Å². The van der Waals surface area contributed by atoms with Crippen molar-refractivity contribution in [1.82, 2.24) is 9.71 Å². The van der Waals surface area contributed by atoms with Crippen molar-refractivity contribution < 1.29 is 27.8 Å². The molecule has 0 radical (unpaired) electrons. The predicted octanol–water partition coefficient (Wildman–Crippen LogP) is 0.896. The third-order valence-electron chi connectivity index (χ3n) is 3.41. The number of pyridine rings is 1. The molecule has 0 saturated carbocycles. The summed E-state index contributed by atoms with van der Waals surface area (Å²) in [6.45, 7) is -0.290. The number of hydrogen-bond acceptors (Lipinski definition) is 6. The number of rotatable bonds is 7. The largest absolute Gasteiger partial charge is 0.390 e. The molecular formula is C16H17FN2O5S. The fraction of sp³-hybridized carbons (Fsp3) is 0.250. The highest BCUT2D eigenvalue weighted by molar-refractivity contribution is 7.90. The van der Waals surface area contributed by atoms with Crippen LogP contribution in [-0.4, -0.2) is 35.3 Å². The lowest BCUT2D eigenvalue weighted by Gasteiger charge is -2.12. The van der Waals surface area contributed by atoms with Gasteiger partial charge in [-0.05, 0) is 36.2 Å². The van der Waals surface area contributed by atoms with E-state index >= 15 is 0 Å². The van der Waals surface area contributed by atoms with E-state index in [9.17, 15) is 22.7 Å². The molecule has 1 heterocycles. The van der Waals surface area contributed by atoms with Crippen LogP contribution in [0.1, 0.15) is 34.1 Å². The molecule has 0 bridgehead atoms. The van der Waals surface area contributed by atoms with Crippen molar-refractivity contribution in [2.45, 2.75) is 19.1 Å². The second-order valence-corrected chi connectivity index (χ2v) is 7.14. The van der Waals surface area contributed by atoms with Crippen molar-refractivity contribution in [3.8, 4) is 0 Å². The van der Waals surface area contributed by atoms with Crippen LogP contribution in [-0.2, 0) is 16.6 Å². The highest BCUT2D eigenvalue weighted by atomic mass is 32.2. The maximum atomic E-state index is 12.8. The second kappa shape index (κ2) is 8.15. The van der Waals surface area contributed by atoms with Crippen LogP contribution in [0.5, 0.6) is 0 Å². The second-order valence-electron chi connectivity index (χ2n) is 5.30. The summed E-state index contributed by atoms with van der Waals surface area (Å²) in [7, 11) is -3.97. The molecule has 0 spiro atoms. The number of sulfonamides is 1. The zero-order valence-corrected chi connectivity index (χ0v) is 13.9. The van der Waals surface area contributed by atoms with Crippen LogP contribution in [0.25, 0.3) is 0 Å². The van der Waals surface area contributed by atoms with Crippen molar-refractivity contribution in [1.29, 1.82) is 0 Å². The first-order valence-corrected chi connectivity index (χ1v) is 9.00. The van der Waals surface area contributed by atoms with Gasteiger partial charge in [0.25, 0.3) is 5.91 Å². The third kappa shape index (κ3) is 5.59. The summed E-state index contributed by atoms with van der Waals surface area (Å²) in [6, 6.07) is 7.80. The number of halogens is 1. The number of hydrogen-bond donors (Lipinski definition) is 3. The monoisotopic (exact) mass is 368 g/mol. The van der Waals surface area contributed by atoms with Gasteiger partial charge in [-0.25, -0.2) is 17.5 Å². The van der Waals surface area contributed by atoms with Gasteiger partial charge in [-0.3, -0.25) is 9.78 Å². The summed E-state index contributed by atoms with van der Waals surface area (Å²) in [6.07, 6.45) is -0.0996. The summed E-state index contributed by atoms with van der Waals surface area (Å²) < 4.78 is 38.6. The van der Waals surface area contributed by atoms with Crippen molar-refractivity contribution in [3.05, 3.63) is 65.2 Å². The number of nitrogens with zero attached hydrogens (tertiary/aromatic N) is 1. The number of nitrogens with one attached hydrogen (secondary N) is 1. The summed E-state index contributed by atoms with van der Waals surface area (Å²) in [5, 5.41) is 18.8. The fourth-order valence-electron chi connectivity index (χ4n) is 2.02. The summed E-state index contributed by atoms with van der Waals surface area (Å²) in [5.41, 5.74) is 0.758. The van der Waals surface area contributed by atoms with Gasteiger partial charge in [-0.2, -0.15) is 0 Å². The van der Waals surface area contributed by atoms with Gasteiger partial charge in [0.2, 0.25) is 10.0 Å². The molecule has 3 N–H and O–H groups in total. The van der Waals surface area contributed by atoms with Crippen LogP contribution in [0.2, 0.25) is 0 Å². The third-order valence-corrected chi connectivity index (χ3v) is 4.68. The molecule has 7 nitrogen and oxygen atoms in total. The molecule has 0 fully saturated rings. The van der Waals surface area contributed by atoms with Gasteiger partial charge in [0, 0.05) is 6.20 Å². The maximum absolute atomic E-state index is 12.8. The van der Waals surface area contributed by atoms with E-state index in [0.29, 0.717) is 11.3 Å². The van der Waals surface area contributed by atoms with E-state index < -0.39 is 33.6 Å². The van der Waals surface area contributed by atoms with E-state index in [0.717, 1.165) is 18.3 Å². The lowest BCUT2D eigenvalue weighted by Crippen LogP contribution is -2.33. The highest BCUT2D eigenvalue weighted by Gasteiger charge is 2.19. The Hall–Kier alpha value is -2.36. The van der Waals surface area contributed by atoms with Gasteiger partial charge in [0.05, 0.1) is 29.7 Å². The lowest BCUT2D eigenvalue weighted by atomic mass is 10.1. The van der Waals surface area contributed by atoms with Gasteiger partial charge in [-0.1, -0.05) is 12.1 Å². The molecule has 1 unspecified atom stereocenters. The van der Waals surface area contributed by atoms with Crippen LogP contribution in [0.3, 0.4) is 0 Å². The first-order valence-electron chi connectivity index (χ1n) is 7.35. The Morgan fingerprint density at radius 2 is 1.88 bits per heavy atom. The van der Waals surface area contributed by atoms with Crippen LogP contribution < -0.4 is 4.72 Å². The van der Waals surface area contributed by atoms with E-state index in [2.05, 4.69) is 4.98 Å². The average Bonchev–Trinajstić information content (AvgIpc) is 2.60. The van der Waals surface area contributed by atoms with Crippen molar-refractivity contribution >= 4 is 15.9 Å². The topological polar surface area (TPSA) is 117 Å². The molecular weight excluding hydrogens is 351 g/mol. The smallest absolute Gasteiger partial charge is 0.266 e. The van der Waals surface area contributed by atoms with Crippen LogP contribution in [0.15, 0.2) is 42.6 Å². The number of amides is 1. The Morgan fingerprint density at radius 3 is 2.44 bits per heavy atom. The molecule has 1 aromatic carbocycles. The quantitative estimate of drug-likeness (QED) is 0.668. The molecule has 2 rings (SSSR count). The van der Waals surface area contributed by atoms with Crippen molar-refractivity contribution in [3.63, 3.8) is 0 Å². The van der Waals surface area contributed by atoms with Crippen molar-refractivity contribution in [2.75, 3.05) is 5.75 Å². The fourth-order valence-corrected chi connectivity index (χ4v) is 3.06. The molecule has 25 heavy (non-hydrogen) atoms. The van der Waals surface area contributed by atoms with Gasteiger partial charge in [0.15, 0.2) is 0 Å². The van der Waals surface area contributed by atoms with Crippen LogP contribution in [0.4, 0.5) is 4.39 Å². The zero-order chi connectivity index (χ0) is 18.4. The minimum atomic E-state index is -3.97. The summed E-state index contributed by atoms with van der Waals surface area (Å²) in [4.78, 5) is 15.7. The van der Waals surface area contributed by atoms with Gasteiger partial charge < -0.3 is 10.2 Å². The normalized spacial score (nSPS) is 12.6. The minimum absolute atomic E-state index is 0.0276. The van der Waals surface area contributed by atoms with Crippen molar-refractivity contribution in [2.24, 2.45) is 0 Å². The van der Waals surface area contributed by atoms with E-state index in [1.54, 1.807) is 0 Å². The average molecular weight is 368 g/mol. The Balaban J connectivity index is 1.94. The molecule has 2 aromatic rings. The van der Waals surface area contributed by atoms with Crippen LogP contribution in [0, 0.1) is 5.82 Å². The Labute approximate surface area is 144 Å². The molecule has 0 saturated heterocycles. The number of aliphatic hydroxyl groups excluding tert-OH is 2. The first kappa shape index (κ1) is 19.0. The molecule has 0 aliphatic carbocycles. The van der Waals surface area contributed by atoms with E-state index in [-0.39, 0.29) is 18.6 Å². The Kier molecular flexibility index (Phi) is 6.18. The molecule has 0 aliphatic heterocycles. The number of aromatic nitrogens is 1. The lowest BCUT2D eigenvalue weighted by molar-refractivity contribution is 0.0980. The minimum Gasteiger partial charge on any atom is -0.390 e. The van der Waals surface area contributed by atoms with Gasteiger partial charge >= 0.3 is 0 Å². The molecule has 9 heteroatoms. The molecule has 134 valence electrons. The van der Waals surface area contributed by atoms with Crippen LogP contribution >= 0.6 is 0 Å². The maximum Gasteiger partial charge on any atom is 0.266 e. The predicted molar refractivity (Wildman–Crippen MR) is 87.4 cm³/mol. The number of carbonyl (C=O) groups excluding carboxylic acids is 1. The molecule has 1 amide bonds. The summed E-state index contributed by atoms with van der Waals surface area (Å²) >= 11 is 0. The standard InChI is InChI=1S/C16H17FN2O5S/c17-13-4-1-11(2-5-13)15(21)7-8-25(23,24)19-16(22)12-3-6-14(10-20)18-9-12/h1-6,9,15,20-21H,7-8,10H2,(H,19,22). The first-order chi connectivity index (χ1) is 11.8. The molecule has 1 atom stereocenters. The number of benzene rings is 1. The SMILES string of the molecule is O=C(NS(=O)(=O)CCC(O)c1ccc(F)cc1)c1ccc(CO)nc1. The van der Waals surface area contributed by atoms with Gasteiger partial charge in [-0.15, -0.1) is 0 Å². The van der Waals surface area contributed by atoms with E-state index in [1.807, 2.05) is 4.72 Å². The Bertz CT molecular complexity index is 823. The summed E-state index contributed by atoms with van der Waals surface area (Å²) in [5.74, 6) is -1.80. The van der Waals surface area contributed by atoms with Gasteiger partial charge in [0.1, 0.15) is 5.82 Å². The Morgan fingerprint density at radius 1 is 1.20 bits per heavy atom. The number of aliphatic hydroxyl groups is 2.